The fourth-order valence-electron chi connectivity index (χ4n) is 3.57. The van der Waals surface area contributed by atoms with Gasteiger partial charge in [-0.15, -0.1) is 24.0 Å². The molecule has 3 N–H and O–H groups in total. The monoisotopic (exact) mass is 425 g/mol. The van der Waals surface area contributed by atoms with Crippen molar-refractivity contribution in [3.05, 3.63) is 0 Å². The van der Waals surface area contributed by atoms with Crippen molar-refractivity contribution < 1.29 is 9.84 Å². The molecule has 2 fully saturated rings. The zero-order valence-corrected chi connectivity index (χ0v) is 16.8. The first kappa shape index (κ1) is 20.0. The number of aliphatic hydroxyl groups excluding tert-OH is 1. The summed E-state index contributed by atoms with van der Waals surface area (Å²) in [5.74, 6) is 1.17. The lowest BCUT2D eigenvalue weighted by Gasteiger charge is -2.59. The fourth-order valence-corrected chi connectivity index (χ4v) is 3.57. The zero-order valence-electron chi connectivity index (χ0n) is 14.5. The highest BCUT2D eigenvalue weighted by atomic mass is 127. The number of hydrogen-bond donors (Lipinski definition) is 3. The summed E-state index contributed by atoms with van der Waals surface area (Å²) in [5, 5.41) is 16.7. The summed E-state index contributed by atoms with van der Waals surface area (Å²) in [4.78, 5) is 4.31. The van der Waals surface area contributed by atoms with E-state index in [1.165, 1.54) is 0 Å². The average Bonchev–Trinajstić information content (AvgIpc) is 2.87. The number of methoxy groups -OCH3 is 1. The molecule has 2 aliphatic carbocycles. The Balaban J connectivity index is 0.00000242. The number of aliphatic hydroxyl groups is 1. The summed E-state index contributed by atoms with van der Waals surface area (Å²) < 4.78 is 5.66. The van der Waals surface area contributed by atoms with Crippen LogP contribution in [0.25, 0.3) is 0 Å². The van der Waals surface area contributed by atoms with Crippen LogP contribution in [0.4, 0.5) is 0 Å². The lowest BCUT2D eigenvalue weighted by atomic mass is 9.56. The molecule has 130 valence electrons. The largest absolute Gasteiger partial charge is 0.393 e. The normalized spacial score (nSPS) is 37.2. The van der Waals surface area contributed by atoms with Crippen molar-refractivity contribution in [1.82, 2.24) is 10.6 Å². The summed E-state index contributed by atoms with van der Waals surface area (Å²) in [5.41, 5.74) is -0.0165. The minimum absolute atomic E-state index is 0. The Kier molecular flexibility index (Phi) is 6.95. The van der Waals surface area contributed by atoms with Gasteiger partial charge in [-0.25, -0.2) is 0 Å². The van der Waals surface area contributed by atoms with Gasteiger partial charge in [0.05, 0.1) is 11.7 Å². The predicted octanol–water partition coefficient (Wildman–Crippen LogP) is 2.13. The van der Waals surface area contributed by atoms with Gasteiger partial charge < -0.3 is 20.5 Å². The van der Waals surface area contributed by atoms with Crippen molar-refractivity contribution >= 4 is 29.9 Å². The number of ether oxygens (including phenoxy) is 1. The second kappa shape index (κ2) is 7.66. The van der Waals surface area contributed by atoms with Crippen molar-refractivity contribution in [3.8, 4) is 0 Å². The first-order valence-corrected chi connectivity index (χ1v) is 8.04. The molecule has 2 rings (SSSR count). The van der Waals surface area contributed by atoms with E-state index in [2.05, 4.69) is 36.4 Å². The van der Waals surface area contributed by atoms with E-state index in [1.807, 2.05) is 0 Å². The summed E-state index contributed by atoms with van der Waals surface area (Å²) in [7, 11) is 3.58. The molecule has 0 saturated heterocycles. The third-order valence-corrected chi connectivity index (χ3v) is 5.96. The van der Waals surface area contributed by atoms with Crippen LogP contribution < -0.4 is 10.6 Å². The van der Waals surface area contributed by atoms with E-state index in [-0.39, 0.29) is 41.1 Å². The predicted molar refractivity (Wildman–Crippen MR) is 101 cm³/mol. The Labute approximate surface area is 151 Å². The maximum atomic E-state index is 9.88. The van der Waals surface area contributed by atoms with Gasteiger partial charge in [-0.1, -0.05) is 20.3 Å². The molecule has 4 atom stereocenters. The minimum atomic E-state index is -0.160. The van der Waals surface area contributed by atoms with Crippen molar-refractivity contribution in [2.75, 3.05) is 20.7 Å². The molecule has 2 aliphatic rings. The maximum Gasteiger partial charge on any atom is 0.191 e. The van der Waals surface area contributed by atoms with Gasteiger partial charge in [-0.3, -0.25) is 4.99 Å². The van der Waals surface area contributed by atoms with Crippen LogP contribution in [0.5, 0.6) is 0 Å². The number of nitrogens with zero attached hydrogens (tertiary/aromatic N) is 1. The number of nitrogens with one attached hydrogen (secondary N) is 2. The summed E-state index contributed by atoms with van der Waals surface area (Å²) >= 11 is 0. The number of hydrogen-bond acceptors (Lipinski definition) is 3. The number of aliphatic imine (C=N–C) groups is 1. The van der Waals surface area contributed by atoms with E-state index in [9.17, 15) is 5.11 Å². The molecule has 22 heavy (non-hydrogen) atoms. The molecule has 0 aromatic carbocycles. The van der Waals surface area contributed by atoms with Gasteiger partial charge in [-0.2, -0.15) is 0 Å². The average molecular weight is 425 g/mol. The highest BCUT2D eigenvalue weighted by Gasteiger charge is 2.58. The fraction of sp³-hybridized carbons (Fsp3) is 0.938. The van der Waals surface area contributed by atoms with Crippen LogP contribution in [0.1, 0.15) is 46.5 Å². The molecule has 0 heterocycles. The lowest BCUT2D eigenvalue weighted by molar-refractivity contribution is -0.176. The molecule has 0 aromatic heterocycles. The SMILES string of the molecule is CN=C(NCC1CCCC1O)NC1CC(C)(OC)C1(C)C.I. The first-order chi connectivity index (χ1) is 9.84. The standard InChI is InChI=1S/C16H31N3O2.HI/c1-15(2)13(9-16(15,3)21-5)19-14(17-4)18-10-11-7-6-8-12(11)20;/h11-13,20H,6-10H2,1-5H3,(H2,17,18,19);1H. The van der Waals surface area contributed by atoms with Crippen LogP contribution in [0, 0.1) is 11.3 Å². The Hall–Kier alpha value is -0.0800. The second-order valence-electron chi connectivity index (χ2n) is 7.27. The third-order valence-electron chi connectivity index (χ3n) is 5.96. The lowest BCUT2D eigenvalue weighted by Crippen LogP contribution is -2.69. The van der Waals surface area contributed by atoms with Crippen LogP contribution in [0.2, 0.25) is 0 Å². The van der Waals surface area contributed by atoms with E-state index < -0.39 is 0 Å². The topological polar surface area (TPSA) is 65.9 Å². The van der Waals surface area contributed by atoms with E-state index in [1.54, 1.807) is 14.2 Å². The van der Waals surface area contributed by atoms with Crippen LogP contribution in [0.3, 0.4) is 0 Å². The van der Waals surface area contributed by atoms with Crippen molar-refractivity contribution in [2.45, 2.75) is 64.2 Å². The molecule has 0 amide bonds. The van der Waals surface area contributed by atoms with Gasteiger partial charge in [0.2, 0.25) is 0 Å². The Morgan fingerprint density at radius 1 is 1.32 bits per heavy atom. The van der Waals surface area contributed by atoms with Gasteiger partial charge >= 0.3 is 0 Å². The molecule has 0 radical (unpaired) electrons. The van der Waals surface area contributed by atoms with Crippen molar-refractivity contribution in [1.29, 1.82) is 0 Å². The third kappa shape index (κ3) is 3.70. The van der Waals surface area contributed by atoms with E-state index in [4.69, 9.17) is 4.74 Å². The van der Waals surface area contributed by atoms with Crippen LogP contribution >= 0.6 is 24.0 Å². The highest BCUT2D eigenvalue weighted by molar-refractivity contribution is 14.0. The maximum absolute atomic E-state index is 9.88. The molecule has 0 bridgehead atoms. The molecule has 4 unspecified atom stereocenters. The molecular weight excluding hydrogens is 393 g/mol. The van der Waals surface area contributed by atoms with E-state index >= 15 is 0 Å². The van der Waals surface area contributed by atoms with Crippen molar-refractivity contribution in [3.63, 3.8) is 0 Å². The van der Waals surface area contributed by atoms with E-state index in [0.29, 0.717) is 12.0 Å². The molecule has 0 aromatic rings. The van der Waals surface area contributed by atoms with Gasteiger partial charge in [-0.05, 0) is 26.2 Å². The van der Waals surface area contributed by atoms with Crippen molar-refractivity contribution in [2.24, 2.45) is 16.3 Å². The number of guanidine groups is 1. The molecule has 5 nitrogen and oxygen atoms in total. The molecule has 0 aliphatic heterocycles. The van der Waals surface area contributed by atoms with Crippen LogP contribution in [0.15, 0.2) is 4.99 Å². The van der Waals surface area contributed by atoms with Gasteiger partial charge in [0.1, 0.15) is 0 Å². The first-order valence-electron chi connectivity index (χ1n) is 8.04. The second-order valence-corrected chi connectivity index (χ2v) is 7.27. The number of rotatable bonds is 4. The Bertz CT molecular complexity index is 403. The smallest absolute Gasteiger partial charge is 0.191 e. The molecule has 0 spiro atoms. The minimum Gasteiger partial charge on any atom is -0.393 e. The number of halogens is 1. The van der Waals surface area contributed by atoms with Gasteiger partial charge in [0, 0.05) is 38.1 Å². The van der Waals surface area contributed by atoms with Crippen LogP contribution in [-0.2, 0) is 4.74 Å². The molecular formula is C16H32IN3O2. The molecule has 6 heteroatoms. The summed E-state index contributed by atoms with van der Waals surface area (Å²) in [6, 6.07) is 0.349. The quantitative estimate of drug-likeness (QED) is 0.367. The zero-order chi connectivity index (χ0) is 15.7. The highest BCUT2D eigenvalue weighted by Crippen LogP contribution is 2.51. The Morgan fingerprint density at radius 3 is 2.45 bits per heavy atom. The van der Waals surface area contributed by atoms with Crippen LogP contribution in [-0.4, -0.2) is 49.5 Å². The summed E-state index contributed by atoms with van der Waals surface area (Å²) in [6.45, 7) is 7.41. The van der Waals surface area contributed by atoms with Gasteiger partial charge in [0.15, 0.2) is 5.96 Å². The Morgan fingerprint density at radius 2 is 2.00 bits per heavy atom. The van der Waals surface area contributed by atoms with Gasteiger partial charge in [0.25, 0.3) is 0 Å². The van der Waals surface area contributed by atoms with E-state index in [0.717, 1.165) is 38.2 Å². The molecule has 2 saturated carbocycles. The summed E-state index contributed by atoms with van der Waals surface area (Å²) in [6.07, 6.45) is 3.97.